The zero-order valence-electron chi connectivity index (χ0n) is 24.0. The van der Waals surface area contributed by atoms with E-state index in [4.69, 9.17) is 20.9 Å². The molecule has 1 aliphatic carbocycles. The average molecular weight is 602 g/mol. The van der Waals surface area contributed by atoms with Crippen LogP contribution in [-0.2, 0) is 21.6 Å². The lowest BCUT2D eigenvalue weighted by Crippen LogP contribution is -2.54. The number of halogens is 1. The van der Waals surface area contributed by atoms with Gasteiger partial charge in [0.15, 0.2) is 0 Å². The number of thiophene rings is 1. The van der Waals surface area contributed by atoms with Crippen LogP contribution in [0.4, 0.5) is 9.39 Å². The number of hydrogen-bond acceptors (Lipinski definition) is 9. The number of carbonyl (C=O) groups excluding carboxylic acids is 1. The summed E-state index contributed by atoms with van der Waals surface area (Å²) in [6.07, 6.45) is 4.93. The maximum Gasteiger partial charge on any atom is 0.333 e. The minimum atomic E-state index is -1.67. The van der Waals surface area contributed by atoms with Gasteiger partial charge in [0.2, 0.25) is 5.91 Å². The van der Waals surface area contributed by atoms with Crippen molar-refractivity contribution < 1.29 is 23.8 Å². The molecule has 3 aromatic rings. The molecule has 4 rings (SSSR count). The number of carbonyl (C=O) groups is 1. The molecule has 11 nitrogen and oxygen atoms in total. The Morgan fingerprint density at radius 1 is 1.29 bits per heavy atom. The van der Waals surface area contributed by atoms with Crippen molar-refractivity contribution in [2.45, 2.75) is 76.9 Å². The van der Waals surface area contributed by atoms with Gasteiger partial charge in [-0.25, -0.2) is 18.7 Å². The number of aliphatic hydroxyl groups is 1. The van der Waals surface area contributed by atoms with Crippen LogP contribution in [0.5, 0.6) is 5.75 Å². The fraction of sp³-hybridized carbons (Fsp3) is 0.448. The highest BCUT2D eigenvalue weighted by molar-refractivity contribution is 7.22. The first kappa shape index (κ1) is 31.1. The summed E-state index contributed by atoms with van der Waals surface area (Å²) in [5.74, 6) is -1.03. The SMILES string of the molecule is COc1ccc(F)cc1C(Cn1c(=O)n(C(C)(C)C(N)=O)c(=O)c2c(C)c(N=CC=CN)sc21)OC1CCC(O)CC1. The van der Waals surface area contributed by atoms with Crippen LogP contribution in [0.3, 0.4) is 0 Å². The third kappa shape index (κ3) is 6.03. The molecule has 2 aromatic heterocycles. The van der Waals surface area contributed by atoms with Crippen LogP contribution < -0.4 is 27.5 Å². The van der Waals surface area contributed by atoms with E-state index >= 15 is 0 Å². The third-order valence-electron chi connectivity index (χ3n) is 7.63. The molecule has 0 bridgehead atoms. The number of rotatable bonds is 10. The Morgan fingerprint density at radius 2 is 1.98 bits per heavy atom. The van der Waals surface area contributed by atoms with Crippen LogP contribution in [0.2, 0.25) is 0 Å². The van der Waals surface area contributed by atoms with Crippen molar-refractivity contribution in [2.24, 2.45) is 16.5 Å². The number of ether oxygens (including phenoxy) is 2. The molecule has 42 heavy (non-hydrogen) atoms. The van der Waals surface area contributed by atoms with E-state index in [1.807, 2.05) is 0 Å². The van der Waals surface area contributed by atoms with E-state index in [0.29, 0.717) is 52.4 Å². The molecule has 0 radical (unpaired) electrons. The molecular weight excluding hydrogens is 565 g/mol. The van der Waals surface area contributed by atoms with Crippen molar-refractivity contribution in [2.75, 3.05) is 7.11 Å². The number of allylic oxidation sites excluding steroid dienone is 1. The molecule has 1 aliphatic rings. The number of benzene rings is 1. The van der Waals surface area contributed by atoms with Crippen molar-refractivity contribution in [1.82, 2.24) is 9.13 Å². The molecule has 1 amide bonds. The molecule has 1 saturated carbocycles. The number of hydrogen-bond donors (Lipinski definition) is 3. The van der Waals surface area contributed by atoms with Gasteiger partial charge in [0.1, 0.15) is 33.0 Å². The highest BCUT2D eigenvalue weighted by atomic mass is 32.1. The summed E-state index contributed by atoms with van der Waals surface area (Å²) in [4.78, 5) is 45.1. The zero-order chi connectivity index (χ0) is 30.8. The van der Waals surface area contributed by atoms with Gasteiger partial charge in [-0.15, -0.1) is 0 Å². The van der Waals surface area contributed by atoms with E-state index in [1.165, 1.54) is 62.2 Å². The second-order valence-electron chi connectivity index (χ2n) is 10.8. The molecule has 0 aliphatic heterocycles. The van der Waals surface area contributed by atoms with Gasteiger partial charge in [-0.1, -0.05) is 11.3 Å². The lowest BCUT2D eigenvalue weighted by atomic mass is 9.94. The molecular formula is C29H36FN5O6S. The maximum absolute atomic E-state index is 14.6. The van der Waals surface area contributed by atoms with Gasteiger partial charge in [-0.3, -0.25) is 14.2 Å². The number of amides is 1. The Labute approximate surface area is 245 Å². The van der Waals surface area contributed by atoms with Crippen molar-refractivity contribution >= 4 is 38.7 Å². The standard InChI is InChI=1S/C29H36FN5O6S/c1-16-23-25(37)35(29(2,3)27(32)38)28(39)34(26(23)42-24(16)33-13-5-12-31)15-22(41-19-9-7-18(36)8-10-19)20-14-17(30)6-11-21(20)40-4/h5-6,11-14,18-19,22,36H,7-10,15,31H2,1-4H3,(H2,32,38). The van der Waals surface area contributed by atoms with Gasteiger partial charge in [-0.05, 0) is 76.9 Å². The summed E-state index contributed by atoms with van der Waals surface area (Å²) in [7, 11) is 1.45. The monoisotopic (exact) mass is 601 g/mol. The van der Waals surface area contributed by atoms with E-state index in [0.717, 1.165) is 15.9 Å². The summed E-state index contributed by atoms with van der Waals surface area (Å²) in [5.41, 5.74) is 8.82. The molecule has 5 N–H and O–H groups in total. The average Bonchev–Trinajstić information content (AvgIpc) is 3.27. The van der Waals surface area contributed by atoms with Gasteiger partial charge in [-0.2, -0.15) is 0 Å². The first-order valence-corrected chi connectivity index (χ1v) is 14.4. The van der Waals surface area contributed by atoms with Crippen molar-refractivity contribution in [3.8, 4) is 5.75 Å². The maximum atomic E-state index is 14.6. The quantitative estimate of drug-likeness (QED) is 0.301. The molecule has 1 fully saturated rings. The summed E-state index contributed by atoms with van der Waals surface area (Å²) < 4.78 is 28.8. The molecule has 2 heterocycles. The number of nitrogens with two attached hydrogens (primary N) is 2. The number of nitrogens with zero attached hydrogens (tertiary/aromatic N) is 3. The number of fused-ring (bicyclic) bond motifs is 1. The minimum absolute atomic E-state index is 0.144. The van der Waals surface area contributed by atoms with Crippen LogP contribution in [0.1, 0.15) is 56.8 Å². The van der Waals surface area contributed by atoms with Gasteiger partial charge < -0.3 is 26.0 Å². The Balaban J connectivity index is 1.98. The molecule has 0 spiro atoms. The molecule has 13 heteroatoms. The first-order valence-electron chi connectivity index (χ1n) is 13.6. The number of aliphatic hydroxyl groups excluding tert-OH is 1. The Morgan fingerprint density at radius 3 is 2.60 bits per heavy atom. The van der Waals surface area contributed by atoms with Crippen LogP contribution >= 0.6 is 11.3 Å². The van der Waals surface area contributed by atoms with E-state index in [2.05, 4.69) is 4.99 Å². The van der Waals surface area contributed by atoms with Crippen LogP contribution in [0, 0.1) is 12.7 Å². The van der Waals surface area contributed by atoms with Crippen LogP contribution in [0.25, 0.3) is 10.2 Å². The van der Waals surface area contributed by atoms with Crippen molar-refractivity contribution in [3.63, 3.8) is 0 Å². The summed E-state index contributed by atoms with van der Waals surface area (Å²) in [6, 6.07) is 4.04. The lowest BCUT2D eigenvalue weighted by Gasteiger charge is -2.31. The predicted molar refractivity (Wildman–Crippen MR) is 160 cm³/mol. The Kier molecular flexibility index (Phi) is 9.34. The van der Waals surface area contributed by atoms with E-state index in [9.17, 15) is 23.9 Å². The van der Waals surface area contributed by atoms with Crippen molar-refractivity contribution in [1.29, 1.82) is 0 Å². The normalized spacial score (nSPS) is 18.7. The van der Waals surface area contributed by atoms with Gasteiger partial charge in [0.05, 0.1) is 31.2 Å². The fourth-order valence-corrected chi connectivity index (χ4v) is 6.29. The van der Waals surface area contributed by atoms with Crippen molar-refractivity contribution in [3.05, 3.63) is 68.3 Å². The van der Waals surface area contributed by atoms with Gasteiger partial charge in [0, 0.05) is 17.3 Å². The molecule has 226 valence electrons. The summed E-state index contributed by atoms with van der Waals surface area (Å²) in [5, 5.41) is 10.7. The number of methoxy groups -OCH3 is 1. The molecule has 0 saturated heterocycles. The smallest absolute Gasteiger partial charge is 0.333 e. The number of aryl methyl sites for hydroxylation is 1. The number of primary amides is 1. The lowest BCUT2D eigenvalue weighted by molar-refractivity contribution is -0.125. The highest BCUT2D eigenvalue weighted by Gasteiger charge is 2.35. The van der Waals surface area contributed by atoms with E-state index < -0.39 is 40.7 Å². The largest absolute Gasteiger partial charge is 0.496 e. The summed E-state index contributed by atoms with van der Waals surface area (Å²) >= 11 is 1.12. The Bertz CT molecular complexity index is 1650. The highest BCUT2D eigenvalue weighted by Crippen LogP contribution is 2.38. The van der Waals surface area contributed by atoms with Gasteiger partial charge in [0.25, 0.3) is 5.56 Å². The molecule has 1 unspecified atom stereocenters. The topological polar surface area (TPSA) is 164 Å². The predicted octanol–water partition coefficient (Wildman–Crippen LogP) is 3.14. The molecule has 1 aromatic carbocycles. The van der Waals surface area contributed by atoms with E-state index in [-0.39, 0.29) is 18.0 Å². The first-order chi connectivity index (χ1) is 19.9. The zero-order valence-corrected chi connectivity index (χ0v) is 24.8. The van der Waals surface area contributed by atoms with Crippen LogP contribution in [-0.4, -0.2) is 45.7 Å². The minimum Gasteiger partial charge on any atom is -0.496 e. The van der Waals surface area contributed by atoms with Gasteiger partial charge >= 0.3 is 5.69 Å². The second-order valence-corrected chi connectivity index (χ2v) is 11.8. The third-order valence-corrected chi connectivity index (χ3v) is 8.85. The second kappa shape index (κ2) is 12.6. The van der Waals surface area contributed by atoms with Crippen LogP contribution in [0.15, 0.2) is 45.1 Å². The molecule has 1 atom stereocenters. The summed E-state index contributed by atoms with van der Waals surface area (Å²) in [6.45, 7) is 4.36. The number of aliphatic imine (C=N–C) groups is 1. The van der Waals surface area contributed by atoms with E-state index in [1.54, 1.807) is 6.92 Å². The fourth-order valence-electron chi connectivity index (χ4n) is 5.13. The number of aromatic nitrogens is 2. The Hall–Kier alpha value is -3.81.